The van der Waals surface area contributed by atoms with Crippen molar-refractivity contribution in [2.45, 2.75) is 11.3 Å². The summed E-state index contributed by atoms with van der Waals surface area (Å²) in [4.78, 5) is 0.0134. The van der Waals surface area contributed by atoms with Gasteiger partial charge >= 0.3 is 35.9 Å². The maximum absolute atomic E-state index is 11.7. The third-order valence-corrected chi connectivity index (χ3v) is 1.93. The van der Waals surface area contributed by atoms with Crippen molar-refractivity contribution in [2.75, 3.05) is 0 Å². The van der Waals surface area contributed by atoms with Crippen LogP contribution in [0.15, 0.2) is 29.2 Å². The van der Waals surface area contributed by atoms with Crippen molar-refractivity contribution in [3.63, 3.8) is 0 Å². The van der Waals surface area contributed by atoms with Crippen molar-refractivity contribution in [1.82, 2.24) is 0 Å². The standard InChI is InChI=1S/C7H5F3O3S.Na.H/c8-7(9,10)13-5-1-3-6(4-2-5)14(11)12;;/h1-4H,(H,11,12);;/q;+1;-1. The molecule has 0 radical (unpaired) electrons. The number of alkyl halides is 3. The summed E-state index contributed by atoms with van der Waals surface area (Å²) in [6.07, 6.45) is -4.75. The zero-order valence-corrected chi connectivity index (χ0v) is 10.4. The molecule has 0 saturated carbocycles. The first kappa shape index (κ1) is 14.9. The van der Waals surface area contributed by atoms with E-state index in [4.69, 9.17) is 4.55 Å². The average Bonchev–Trinajstić information content (AvgIpc) is 2.02. The largest absolute Gasteiger partial charge is 1.00 e. The fraction of sp³-hybridized carbons (Fsp3) is 0.143. The van der Waals surface area contributed by atoms with Gasteiger partial charge in [0.1, 0.15) is 5.75 Å². The maximum atomic E-state index is 11.7. The Morgan fingerprint density at radius 1 is 1.27 bits per heavy atom. The van der Waals surface area contributed by atoms with Crippen molar-refractivity contribution < 1.29 is 57.7 Å². The summed E-state index contributed by atoms with van der Waals surface area (Å²) in [6, 6.07) is 4.10. The molecular weight excluding hydrogens is 244 g/mol. The Kier molecular flexibility index (Phi) is 5.82. The summed E-state index contributed by atoms with van der Waals surface area (Å²) < 4.78 is 57.6. The van der Waals surface area contributed by atoms with Gasteiger partial charge in [-0.05, 0) is 24.3 Å². The van der Waals surface area contributed by atoms with Crippen LogP contribution in [0.5, 0.6) is 5.75 Å². The van der Waals surface area contributed by atoms with Crippen molar-refractivity contribution in [1.29, 1.82) is 0 Å². The zero-order valence-electron chi connectivity index (χ0n) is 8.62. The van der Waals surface area contributed by atoms with Gasteiger partial charge in [0.15, 0.2) is 11.1 Å². The Bertz CT molecular complexity index is 344. The minimum atomic E-state index is -4.75. The number of hydrogen-bond acceptors (Lipinski definition) is 2. The Morgan fingerprint density at radius 2 is 1.73 bits per heavy atom. The van der Waals surface area contributed by atoms with E-state index in [9.17, 15) is 17.4 Å². The van der Waals surface area contributed by atoms with Crippen molar-refractivity contribution in [2.24, 2.45) is 0 Å². The molecule has 0 spiro atoms. The maximum Gasteiger partial charge on any atom is 1.00 e. The van der Waals surface area contributed by atoms with E-state index < -0.39 is 23.2 Å². The number of rotatable bonds is 2. The van der Waals surface area contributed by atoms with Crippen molar-refractivity contribution >= 4 is 11.1 Å². The van der Waals surface area contributed by atoms with E-state index in [0.717, 1.165) is 24.3 Å². The van der Waals surface area contributed by atoms with Crippen LogP contribution in [0.4, 0.5) is 13.2 Å². The summed E-state index contributed by atoms with van der Waals surface area (Å²) in [5, 5.41) is 0. The molecule has 0 bridgehead atoms. The van der Waals surface area contributed by atoms with Crippen molar-refractivity contribution in [3.05, 3.63) is 24.3 Å². The molecule has 0 aromatic heterocycles. The molecular formula is C7H6F3NaO3S. The van der Waals surface area contributed by atoms with E-state index in [-0.39, 0.29) is 35.9 Å². The first-order chi connectivity index (χ1) is 6.38. The van der Waals surface area contributed by atoms with E-state index in [0.29, 0.717) is 0 Å². The molecule has 80 valence electrons. The molecule has 1 aromatic rings. The topological polar surface area (TPSA) is 46.5 Å². The van der Waals surface area contributed by atoms with E-state index in [1.807, 2.05) is 0 Å². The number of hydrogen-bond donors (Lipinski definition) is 1. The molecule has 0 aliphatic carbocycles. The molecule has 1 rings (SSSR count). The molecule has 15 heavy (non-hydrogen) atoms. The van der Waals surface area contributed by atoms with Gasteiger partial charge in [0.05, 0.1) is 4.90 Å². The van der Waals surface area contributed by atoms with Gasteiger partial charge < -0.3 is 10.7 Å². The Hall–Kier alpha value is -0.0800. The summed E-state index contributed by atoms with van der Waals surface area (Å²) in [5.74, 6) is -0.424. The van der Waals surface area contributed by atoms with Crippen LogP contribution in [0.2, 0.25) is 0 Å². The van der Waals surface area contributed by atoms with E-state index in [1.54, 1.807) is 0 Å². The smallest absolute Gasteiger partial charge is 1.00 e. The average molecular weight is 250 g/mol. The second-order valence-electron chi connectivity index (χ2n) is 2.27. The van der Waals surface area contributed by atoms with Crippen LogP contribution >= 0.6 is 0 Å². The van der Waals surface area contributed by atoms with Crippen molar-refractivity contribution in [3.8, 4) is 5.75 Å². The summed E-state index contributed by atoms with van der Waals surface area (Å²) in [5.41, 5.74) is 0. The Morgan fingerprint density at radius 3 is 2.07 bits per heavy atom. The number of ether oxygens (including phenoxy) is 1. The molecule has 3 nitrogen and oxygen atoms in total. The van der Waals surface area contributed by atoms with Crippen LogP contribution in [0.3, 0.4) is 0 Å². The Balaban J connectivity index is 0. The molecule has 1 atom stereocenters. The summed E-state index contributed by atoms with van der Waals surface area (Å²) in [6.45, 7) is 0. The number of benzene rings is 1. The fourth-order valence-electron chi connectivity index (χ4n) is 0.758. The van der Waals surface area contributed by atoms with E-state index in [1.165, 1.54) is 0 Å². The molecule has 1 N–H and O–H groups in total. The first-order valence-electron chi connectivity index (χ1n) is 3.35. The van der Waals surface area contributed by atoms with Crippen LogP contribution in [0, 0.1) is 0 Å². The van der Waals surface area contributed by atoms with Crippen LogP contribution in [0.25, 0.3) is 0 Å². The van der Waals surface area contributed by atoms with Crippen LogP contribution in [-0.2, 0) is 11.1 Å². The van der Waals surface area contributed by atoms with Gasteiger partial charge in [-0.3, -0.25) is 0 Å². The summed E-state index contributed by atoms with van der Waals surface area (Å²) in [7, 11) is 0. The minimum absolute atomic E-state index is 0. The normalized spacial score (nSPS) is 12.8. The first-order valence-corrected chi connectivity index (χ1v) is 4.46. The van der Waals surface area contributed by atoms with Gasteiger partial charge in [-0.15, -0.1) is 13.2 Å². The second kappa shape index (κ2) is 5.86. The molecule has 1 aromatic carbocycles. The van der Waals surface area contributed by atoms with Crippen LogP contribution in [0.1, 0.15) is 1.43 Å². The second-order valence-corrected chi connectivity index (χ2v) is 3.24. The van der Waals surface area contributed by atoms with Crippen LogP contribution in [-0.4, -0.2) is 15.1 Å². The van der Waals surface area contributed by atoms with E-state index in [2.05, 4.69) is 4.74 Å². The third kappa shape index (κ3) is 5.53. The predicted molar refractivity (Wildman–Crippen MR) is 43.3 cm³/mol. The molecule has 0 heterocycles. The SMILES string of the molecule is O=S(O)c1ccc(OC(F)(F)F)cc1.[H-].[Na+]. The Labute approximate surface area is 110 Å². The van der Waals surface area contributed by atoms with Gasteiger partial charge in [0.2, 0.25) is 0 Å². The monoisotopic (exact) mass is 250 g/mol. The fourth-order valence-corrected chi connectivity index (χ4v) is 1.13. The summed E-state index contributed by atoms with van der Waals surface area (Å²) >= 11 is -2.20. The van der Waals surface area contributed by atoms with Gasteiger partial charge in [-0.25, -0.2) is 4.21 Å². The van der Waals surface area contributed by atoms with Gasteiger partial charge in [0.25, 0.3) is 0 Å². The molecule has 0 fully saturated rings. The molecule has 0 aliphatic rings. The van der Waals surface area contributed by atoms with Crippen LogP contribution < -0.4 is 34.3 Å². The molecule has 1 unspecified atom stereocenters. The van der Waals surface area contributed by atoms with Gasteiger partial charge in [0, 0.05) is 0 Å². The molecule has 0 amide bonds. The quantitative estimate of drug-likeness (QED) is 0.556. The number of halogens is 3. The minimum Gasteiger partial charge on any atom is -1.00 e. The van der Waals surface area contributed by atoms with Gasteiger partial charge in [-0.2, -0.15) is 0 Å². The predicted octanol–water partition coefficient (Wildman–Crippen LogP) is -0.718. The molecule has 0 saturated heterocycles. The molecule has 0 aliphatic heterocycles. The van der Waals surface area contributed by atoms with Gasteiger partial charge in [-0.1, -0.05) is 0 Å². The zero-order chi connectivity index (χ0) is 10.8. The van der Waals surface area contributed by atoms with E-state index >= 15 is 0 Å². The third-order valence-electron chi connectivity index (χ3n) is 1.26. The molecule has 8 heteroatoms.